The molecule has 2 heterocycles. The van der Waals surface area contributed by atoms with E-state index in [4.69, 9.17) is 0 Å². The molecule has 0 unspecified atom stereocenters. The smallest absolute Gasteiger partial charge is 0.274 e. The van der Waals surface area contributed by atoms with Gasteiger partial charge in [-0.2, -0.15) is 5.10 Å². The van der Waals surface area contributed by atoms with Crippen LogP contribution in [0.4, 0.5) is 0 Å². The largest absolute Gasteiger partial charge is 0.348 e. The molecule has 3 rings (SSSR count). The summed E-state index contributed by atoms with van der Waals surface area (Å²) >= 11 is 0. The highest BCUT2D eigenvalue weighted by Crippen LogP contribution is 2.14. The van der Waals surface area contributed by atoms with Crippen LogP contribution in [0.2, 0.25) is 0 Å². The van der Waals surface area contributed by atoms with Gasteiger partial charge in [0.05, 0.1) is 5.39 Å². The van der Waals surface area contributed by atoms with Gasteiger partial charge in [-0.1, -0.05) is 38.0 Å². The predicted octanol–water partition coefficient (Wildman–Crippen LogP) is 2.49. The van der Waals surface area contributed by atoms with Gasteiger partial charge in [0.15, 0.2) is 5.69 Å². The van der Waals surface area contributed by atoms with Gasteiger partial charge in [0.25, 0.3) is 11.5 Å². The second-order valence-corrected chi connectivity index (χ2v) is 6.63. The minimum atomic E-state index is -0.188. The fraction of sp³-hybridized carbons (Fsp3) is 0.526. The topological polar surface area (TPSA) is 76.0 Å². The summed E-state index contributed by atoms with van der Waals surface area (Å²) in [6.07, 6.45) is 4.83. The van der Waals surface area contributed by atoms with Crippen molar-refractivity contribution in [2.75, 3.05) is 13.1 Å². The number of fused-ring (bicyclic) bond motifs is 1. The number of aryl methyl sites for hydroxylation is 1. The molecule has 142 valence electrons. The molecule has 0 bridgehead atoms. The van der Waals surface area contributed by atoms with Crippen LogP contribution >= 0.6 is 12.4 Å². The molecule has 0 radical (unpaired) electrons. The van der Waals surface area contributed by atoms with Gasteiger partial charge in [-0.3, -0.25) is 9.59 Å². The average Bonchev–Trinajstić information content (AvgIpc) is 2.64. The first-order valence-corrected chi connectivity index (χ1v) is 9.22. The lowest BCUT2D eigenvalue weighted by atomic mass is 10.1. The Morgan fingerprint density at radius 3 is 2.62 bits per heavy atom. The molecule has 1 aromatic carbocycles. The van der Waals surface area contributed by atoms with Crippen molar-refractivity contribution in [1.82, 2.24) is 20.4 Å². The molecule has 1 fully saturated rings. The lowest BCUT2D eigenvalue weighted by Crippen LogP contribution is -2.43. The van der Waals surface area contributed by atoms with Crippen molar-refractivity contribution in [3.8, 4) is 0 Å². The summed E-state index contributed by atoms with van der Waals surface area (Å²) < 4.78 is 1.45. The van der Waals surface area contributed by atoms with E-state index in [2.05, 4.69) is 22.7 Å². The molecule has 0 aliphatic carbocycles. The highest BCUT2D eigenvalue weighted by atomic mass is 35.5. The van der Waals surface area contributed by atoms with Gasteiger partial charge in [0, 0.05) is 18.0 Å². The zero-order chi connectivity index (χ0) is 17.6. The Bertz CT molecular complexity index is 800. The number of rotatable bonds is 6. The van der Waals surface area contributed by atoms with E-state index < -0.39 is 0 Å². The van der Waals surface area contributed by atoms with Crippen molar-refractivity contribution >= 4 is 29.1 Å². The molecular formula is C19H27ClN4O2. The molecule has 1 aromatic heterocycles. The molecule has 1 aliphatic rings. The summed E-state index contributed by atoms with van der Waals surface area (Å²) in [6, 6.07) is 7.41. The van der Waals surface area contributed by atoms with Crippen molar-refractivity contribution in [1.29, 1.82) is 0 Å². The Balaban J connectivity index is 0.00000243. The fourth-order valence-electron chi connectivity index (χ4n) is 3.29. The zero-order valence-electron chi connectivity index (χ0n) is 15.2. The number of benzene rings is 1. The number of amides is 1. The van der Waals surface area contributed by atoms with Crippen LogP contribution < -0.4 is 16.2 Å². The third-order valence-corrected chi connectivity index (χ3v) is 4.73. The quantitative estimate of drug-likeness (QED) is 0.757. The van der Waals surface area contributed by atoms with Crippen molar-refractivity contribution in [2.24, 2.45) is 0 Å². The molecule has 2 aromatic rings. The van der Waals surface area contributed by atoms with Crippen LogP contribution in [-0.2, 0) is 6.54 Å². The molecule has 0 spiro atoms. The van der Waals surface area contributed by atoms with Crippen LogP contribution in [0.15, 0.2) is 29.1 Å². The van der Waals surface area contributed by atoms with Crippen LogP contribution in [-0.4, -0.2) is 34.8 Å². The van der Waals surface area contributed by atoms with Gasteiger partial charge in [-0.05, 0) is 38.4 Å². The van der Waals surface area contributed by atoms with Gasteiger partial charge in [0.2, 0.25) is 0 Å². The van der Waals surface area contributed by atoms with Crippen LogP contribution in [0.3, 0.4) is 0 Å². The molecule has 6 nitrogen and oxygen atoms in total. The van der Waals surface area contributed by atoms with E-state index in [-0.39, 0.29) is 29.9 Å². The fourth-order valence-corrected chi connectivity index (χ4v) is 3.29. The summed E-state index contributed by atoms with van der Waals surface area (Å²) in [5.41, 5.74) is 0.232. The maximum Gasteiger partial charge on any atom is 0.274 e. The molecule has 1 saturated heterocycles. The number of hydrogen-bond acceptors (Lipinski definition) is 4. The maximum absolute atomic E-state index is 12.8. The summed E-state index contributed by atoms with van der Waals surface area (Å²) in [6.45, 7) is 4.49. The molecule has 1 aliphatic heterocycles. The number of halogens is 1. The van der Waals surface area contributed by atoms with E-state index in [0.29, 0.717) is 23.0 Å². The lowest BCUT2D eigenvalue weighted by Gasteiger charge is -2.23. The minimum absolute atomic E-state index is 0. The molecule has 26 heavy (non-hydrogen) atoms. The summed E-state index contributed by atoms with van der Waals surface area (Å²) in [7, 11) is 0. The Morgan fingerprint density at radius 1 is 1.23 bits per heavy atom. The number of aromatic nitrogens is 2. The minimum Gasteiger partial charge on any atom is -0.348 e. The van der Waals surface area contributed by atoms with E-state index in [1.807, 2.05) is 12.1 Å². The molecular weight excluding hydrogens is 352 g/mol. The first kappa shape index (κ1) is 20.4. The van der Waals surface area contributed by atoms with Crippen molar-refractivity contribution in [2.45, 2.75) is 51.6 Å². The third-order valence-electron chi connectivity index (χ3n) is 4.73. The van der Waals surface area contributed by atoms with Crippen molar-refractivity contribution in [3.63, 3.8) is 0 Å². The predicted molar refractivity (Wildman–Crippen MR) is 106 cm³/mol. The van der Waals surface area contributed by atoms with E-state index in [0.717, 1.165) is 45.2 Å². The number of carbonyl (C=O) groups excluding carboxylic acids is 1. The van der Waals surface area contributed by atoms with Gasteiger partial charge in [-0.25, -0.2) is 4.68 Å². The molecule has 0 saturated carbocycles. The van der Waals surface area contributed by atoms with Crippen LogP contribution in [0.1, 0.15) is 49.5 Å². The Morgan fingerprint density at radius 2 is 1.92 bits per heavy atom. The van der Waals surface area contributed by atoms with Crippen molar-refractivity contribution < 1.29 is 4.79 Å². The summed E-state index contributed by atoms with van der Waals surface area (Å²) in [5, 5.41) is 12.0. The number of nitrogens with zero attached hydrogens (tertiary/aromatic N) is 2. The number of carbonyl (C=O) groups is 1. The van der Waals surface area contributed by atoms with E-state index >= 15 is 0 Å². The highest BCUT2D eigenvalue weighted by Gasteiger charge is 2.20. The van der Waals surface area contributed by atoms with Crippen LogP contribution in [0.25, 0.3) is 10.8 Å². The number of nitrogens with one attached hydrogen (secondary N) is 2. The SMILES string of the molecule is CCCCCn1nc(C(=O)NC2CCNCC2)c2ccccc2c1=O.Cl. The summed E-state index contributed by atoms with van der Waals surface area (Å²) in [4.78, 5) is 25.5. The molecule has 2 N–H and O–H groups in total. The van der Waals surface area contributed by atoms with Gasteiger partial charge < -0.3 is 10.6 Å². The van der Waals surface area contributed by atoms with Crippen molar-refractivity contribution in [3.05, 3.63) is 40.3 Å². The highest BCUT2D eigenvalue weighted by molar-refractivity contribution is 6.04. The second kappa shape index (κ2) is 9.69. The van der Waals surface area contributed by atoms with Crippen LogP contribution in [0.5, 0.6) is 0 Å². The first-order valence-electron chi connectivity index (χ1n) is 9.22. The number of unbranched alkanes of at least 4 members (excludes halogenated alkanes) is 2. The number of piperidine rings is 1. The Hall–Kier alpha value is -1.92. The third kappa shape index (κ3) is 4.62. The first-order chi connectivity index (χ1) is 12.2. The molecule has 0 atom stereocenters. The van der Waals surface area contributed by atoms with Gasteiger partial charge in [-0.15, -0.1) is 12.4 Å². The van der Waals surface area contributed by atoms with E-state index in [1.54, 1.807) is 12.1 Å². The van der Waals surface area contributed by atoms with E-state index in [1.165, 1.54) is 4.68 Å². The summed E-state index contributed by atoms with van der Waals surface area (Å²) in [5.74, 6) is -0.188. The molecule has 1 amide bonds. The van der Waals surface area contributed by atoms with Gasteiger partial charge >= 0.3 is 0 Å². The second-order valence-electron chi connectivity index (χ2n) is 6.63. The average molecular weight is 379 g/mol. The standard InChI is InChI=1S/C19H26N4O2.ClH/c1-2-3-6-13-23-19(25)16-8-5-4-7-15(16)17(22-23)18(24)21-14-9-11-20-12-10-14;/h4-5,7-8,14,20H,2-3,6,9-13H2,1H3,(H,21,24);1H. The van der Waals surface area contributed by atoms with Gasteiger partial charge in [0.1, 0.15) is 0 Å². The monoisotopic (exact) mass is 378 g/mol. The van der Waals surface area contributed by atoms with E-state index in [9.17, 15) is 9.59 Å². The zero-order valence-corrected chi connectivity index (χ0v) is 16.0. The lowest BCUT2D eigenvalue weighted by molar-refractivity contribution is 0.0924. The molecule has 7 heteroatoms. The Labute approximate surface area is 159 Å². The number of hydrogen-bond donors (Lipinski definition) is 2. The Kier molecular flexibility index (Phi) is 7.60. The van der Waals surface area contributed by atoms with Crippen LogP contribution in [0, 0.1) is 0 Å². The normalized spacial score (nSPS) is 14.8. The maximum atomic E-state index is 12.8.